The van der Waals surface area contributed by atoms with E-state index in [1.807, 2.05) is 6.92 Å². The molecule has 0 bridgehead atoms. The Kier molecular flexibility index (Phi) is 13.8. The molecule has 0 aromatic heterocycles. The molecule has 20 heavy (non-hydrogen) atoms. The van der Waals surface area contributed by atoms with E-state index in [1.54, 1.807) is 0 Å². The van der Waals surface area contributed by atoms with Gasteiger partial charge in [-0.15, -0.1) is 0 Å². The second kappa shape index (κ2) is 13.9. The van der Waals surface area contributed by atoms with Gasteiger partial charge in [0.1, 0.15) is 0 Å². The molecule has 2 unspecified atom stereocenters. The average molecular weight is 286 g/mol. The Hall–Kier alpha value is -0.0800. The van der Waals surface area contributed by atoms with Gasteiger partial charge in [0.15, 0.2) is 6.29 Å². The number of rotatable bonds is 14. The molecule has 0 aliphatic carbocycles. The van der Waals surface area contributed by atoms with Crippen LogP contribution in [0.5, 0.6) is 0 Å². The largest absolute Gasteiger partial charge is 0.350 e. The number of hydrogen-bond donors (Lipinski definition) is 0. The minimum absolute atomic E-state index is 0.0719. The first-order valence-corrected chi connectivity index (χ1v) is 8.91. The maximum absolute atomic E-state index is 5.91. The fraction of sp³-hybridized carbons (Fsp3) is 1.00. The van der Waals surface area contributed by atoms with E-state index >= 15 is 0 Å². The average Bonchev–Trinajstić information content (AvgIpc) is 2.39. The summed E-state index contributed by atoms with van der Waals surface area (Å²) in [4.78, 5) is 0. The van der Waals surface area contributed by atoms with Crippen LogP contribution >= 0.6 is 0 Å². The SMILES string of the molecule is CCCCCCC(C)OC(C)OC(C)CCCCCC. The summed E-state index contributed by atoms with van der Waals surface area (Å²) in [6, 6.07) is 0. The standard InChI is InChI=1S/C18H38O2/c1-6-8-10-12-14-16(3)19-18(5)20-17(4)15-13-11-9-7-2/h16-18H,6-15H2,1-5H3. The predicted molar refractivity (Wildman–Crippen MR) is 88.1 cm³/mol. The first kappa shape index (κ1) is 19.9. The van der Waals surface area contributed by atoms with E-state index in [-0.39, 0.29) is 6.29 Å². The van der Waals surface area contributed by atoms with Crippen LogP contribution in [0.4, 0.5) is 0 Å². The van der Waals surface area contributed by atoms with Crippen molar-refractivity contribution in [1.29, 1.82) is 0 Å². The maximum atomic E-state index is 5.91. The summed E-state index contributed by atoms with van der Waals surface area (Å²) in [5.41, 5.74) is 0. The maximum Gasteiger partial charge on any atom is 0.155 e. The molecule has 2 heteroatoms. The van der Waals surface area contributed by atoms with Crippen LogP contribution in [0.15, 0.2) is 0 Å². The zero-order chi connectivity index (χ0) is 15.2. The Balaban J connectivity index is 3.56. The van der Waals surface area contributed by atoms with Crippen LogP contribution < -0.4 is 0 Å². The summed E-state index contributed by atoms with van der Waals surface area (Å²) >= 11 is 0. The van der Waals surface area contributed by atoms with E-state index in [0.29, 0.717) is 12.2 Å². The molecule has 0 saturated heterocycles. The van der Waals surface area contributed by atoms with Crippen LogP contribution in [0.2, 0.25) is 0 Å². The van der Waals surface area contributed by atoms with Crippen molar-refractivity contribution in [3.05, 3.63) is 0 Å². The second-order valence-electron chi connectivity index (χ2n) is 6.16. The van der Waals surface area contributed by atoms with E-state index < -0.39 is 0 Å². The van der Waals surface area contributed by atoms with Crippen molar-refractivity contribution >= 4 is 0 Å². The zero-order valence-electron chi connectivity index (χ0n) is 14.6. The van der Waals surface area contributed by atoms with Gasteiger partial charge in [-0.3, -0.25) is 0 Å². The fourth-order valence-corrected chi connectivity index (χ4v) is 2.54. The van der Waals surface area contributed by atoms with Crippen LogP contribution in [-0.2, 0) is 9.47 Å². The molecule has 0 fully saturated rings. The summed E-state index contributed by atoms with van der Waals surface area (Å²) in [7, 11) is 0. The third-order valence-corrected chi connectivity index (χ3v) is 3.78. The summed E-state index contributed by atoms with van der Waals surface area (Å²) < 4.78 is 11.8. The molecule has 0 rings (SSSR count). The van der Waals surface area contributed by atoms with E-state index in [4.69, 9.17) is 9.47 Å². The van der Waals surface area contributed by atoms with Gasteiger partial charge < -0.3 is 9.47 Å². The number of unbranched alkanes of at least 4 members (excludes halogenated alkanes) is 6. The monoisotopic (exact) mass is 286 g/mol. The first-order valence-electron chi connectivity index (χ1n) is 8.91. The lowest BCUT2D eigenvalue weighted by atomic mass is 10.1. The minimum atomic E-state index is -0.0719. The van der Waals surface area contributed by atoms with Crippen LogP contribution in [0.3, 0.4) is 0 Å². The van der Waals surface area contributed by atoms with Gasteiger partial charge in [-0.2, -0.15) is 0 Å². The van der Waals surface area contributed by atoms with E-state index in [9.17, 15) is 0 Å². The van der Waals surface area contributed by atoms with Gasteiger partial charge in [-0.25, -0.2) is 0 Å². The van der Waals surface area contributed by atoms with Gasteiger partial charge >= 0.3 is 0 Å². The summed E-state index contributed by atoms with van der Waals surface area (Å²) in [6.45, 7) is 10.9. The fourth-order valence-electron chi connectivity index (χ4n) is 2.54. The Morgan fingerprint density at radius 1 is 0.600 bits per heavy atom. The third-order valence-electron chi connectivity index (χ3n) is 3.78. The van der Waals surface area contributed by atoms with Gasteiger partial charge in [0.2, 0.25) is 0 Å². The molecule has 0 aromatic rings. The highest BCUT2D eigenvalue weighted by molar-refractivity contribution is 4.55. The lowest BCUT2D eigenvalue weighted by Gasteiger charge is -2.23. The summed E-state index contributed by atoms with van der Waals surface area (Å²) in [5.74, 6) is 0. The normalized spacial score (nSPS) is 16.1. The highest BCUT2D eigenvalue weighted by atomic mass is 16.7. The zero-order valence-corrected chi connectivity index (χ0v) is 14.6. The van der Waals surface area contributed by atoms with Crippen molar-refractivity contribution < 1.29 is 9.47 Å². The van der Waals surface area contributed by atoms with Gasteiger partial charge in [-0.1, -0.05) is 65.2 Å². The highest BCUT2D eigenvalue weighted by Crippen LogP contribution is 2.14. The van der Waals surface area contributed by atoms with Crippen LogP contribution in [0.25, 0.3) is 0 Å². The van der Waals surface area contributed by atoms with Gasteiger partial charge in [0.25, 0.3) is 0 Å². The summed E-state index contributed by atoms with van der Waals surface area (Å²) in [6.07, 6.45) is 13.3. The van der Waals surface area contributed by atoms with Crippen molar-refractivity contribution in [2.24, 2.45) is 0 Å². The molecule has 0 saturated carbocycles. The Labute approximate surface area is 127 Å². The van der Waals surface area contributed by atoms with Gasteiger partial charge in [-0.05, 0) is 33.6 Å². The Morgan fingerprint density at radius 2 is 1.00 bits per heavy atom. The Bertz CT molecular complexity index is 174. The molecule has 122 valence electrons. The molecule has 0 radical (unpaired) electrons. The lowest BCUT2D eigenvalue weighted by Crippen LogP contribution is -2.24. The minimum Gasteiger partial charge on any atom is -0.350 e. The molecule has 0 aromatic carbocycles. The quantitative estimate of drug-likeness (QED) is 0.284. The van der Waals surface area contributed by atoms with Crippen LogP contribution in [0, 0.1) is 0 Å². The van der Waals surface area contributed by atoms with Crippen molar-refractivity contribution in [2.45, 2.75) is 117 Å². The van der Waals surface area contributed by atoms with E-state index in [1.165, 1.54) is 51.4 Å². The third kappa shape index (κ3) is 12.9. The highest BCUT2D eigenvalue weighted by Gasteiger charge is 2.12. The molecule has 0 aliphatic rings. The molecule has 0 aliphatic heterocycles. The number of hydrogen-bond acceptors (Lipinski definition) is 2. The van der Waals surface area contributed by atoms with Crippen LogP contribution in [0.1, 0.15) is 98.8 Å². The molecular weight excluding hydrogens is 248 g/mol. The van der Waals surface area contributed by atoms with Crippen molar-refractivity contribution in [1.82, 2.24) is 0 Å². The molecule has 0 amide bonds. The van der Waals surface area contributed by atoms with Gasteiger partial charge in [0, 0.05) is 0 Å². The molecule has 2 atom stereocenters. The molecule has 0 heterocycles. The van der Waals surface area contributed by atoms with E-state index in [2.05, 4.69) is 27.7 Å². The first-order chi connectivity index (χ1) is 9.60. The lowest BCUT2D eigenvalue weighted by molar-refractivity contribution is -0.179. The predicted octanol–water partition coefficient (Wildman–Crippen LogP) is 6.08. The van der Waals surface area contributed by atoms with Gasteiger partial charge in [0.05, 0.1) is 12.2 Å². The molecule has 0 N–H and O–H groups in total. The van der Waals surface area contributed by atoms with Crippen molar-refractivity contribution in [2.75, 3.05) is 0 Å². The molecule has 2 nitrogen and oxygen atoms in total. The van der Waals surface area contributed by atoms with Crippen molar-refractivity contribution in [3.63, 3.8) is 0 Å². The second-order valence-corrected chi connectivity index (χ2v) is 6.16. The van der Waals surface area contributed by atoms with E-state index in [0.717, 1.165) is 12.8 Å². The smallest absolute Gasteiger partial charge is 0.155 e. The molecular formula is C18H38O2. The molecule has 0 spiro atoms. The number of ether oxygens (including phenoxy) is 2. The summed E-state index contributed by atoms with van der Waals surface area (Å²) in [5, 5.41) is 0. The topological polar surface area (TPSA) is 18.5 Å². The van der Waals surface area contributed by atoms with Crippen molar-refractivity contribution in [3.8, 4) is 0 Å². The Morgan fingerprint density at radius 3 is 1.35 bits per heavy atom. The van der Waals surface area contributed by atoms with Crippen LogP contribution in [-0.4, -0.2) is 18.5 Å².